The van der Waals surface area contributed by atoms with E-state index in [-0.39, 0.29) is 16.2 Å². The average Bonchev–Trinajstić information content (AvgIpc) is 3.07. The first-order valence-corrected chi connectivity index (χ1v) is 10.3. The molecule has 1 aliphatic heterocycles. The molecule has 0 radical (unpaired) electrons. The van der Waals surface area contributed by atoms with E-state index in [0.717, 1.165) is 21.3 Å². The molecule has 0 atom stereocenters. The van der Waals surface area contributed by atoms with Crippen LogP contribution in [-0.2, 0) is 0 Å². The van der Waals surface area contributed by atoms with E-state index in [1.54, 1.807) is 12.3 Å². The van der Waals surface area contributed by atoms with Crippen LogP contribution >= 0.6 is 28.1 Å². The fraction of sp³-hybridized carbons (Fsp3) is 0.136. The summed E-state index contributed by atoms with van der Waals surface area (Å²) < 4.78 is 2.50. The number of fused-ring (bicyclic) bond motifs is 1. The zero-order valence-corrected chi connectivity index (χ0v) is 18.2. The highest BCUT2D eigenvalue weighted by molar-refractivity contribution is 9.10. The molecule has 2 N–H and O–H groups in total. The van der Waals surface area contributed by atoms with E-state index in [4.69, 9.17) is 12.2 Å². The number of nitrogens with zero attached hydrogens (tertiary/aromatic N) is 2. The number of aliphatic imine (C=N–C) groups is 1. The largest absolute Gasteiger partial charge is 0.494 e. The SMILES string of the molecule is CC(C)c1ccc(-n2c(O)c(C=C3C=Nc4ccc(Br)cc43)c(=O)[nH]c2=S)cc1. The molecule has 146 valence electrons. The third-order valence-electron chi connectivity index (χ3n) is 4.85. The molecule has 0 aliphatic carbocycles. The highest BCUT2D eigenvalue weighted by Gasteiger charge is 2.17. The number of benzene rings is 2. The number of H-pyrrole nitrogens is 1. The quantitative estimate of drug-likeness (QED) is 0.482. The van der Waals surface area contributed by atoms with E-state index in [1.807, 2.05) is 42.5 Å². The summed E-state index contributed by atoms with van der Waals surface area (Å²) in [6, 6.07) is 13.5. The van der Waals surface area contributed by atoms with E-state index in [0.29, 0.717) is 11.6 Å². The van der Waals surface area contributed by atoms with Crippen LogP contribution in [0.2, 0.25) is 0 Å². The highest BCUT2D eigenvalue weighted by Crippen LogP contribution is 2.35. The molecule has 0 saturated heterocycles. The summed E-state index contributed by atoms with van der Waals surface area (Å²) in [6.45, 7) is 4.23. The Morgan fingerprint density at radius 2 is 1.93 bits per heavy atom. The van der Waals surface area contributed by atoms with Crippen LogP contribution in [0.3, 0.4) is 0 Å². The average molecular weight is 468 g/mol. The predicted molar refractivity (Wildman–Crippen MR) is 123 cm³/mol. The van der Waals surface area contributed by atoms with Gasteiger partial charge in [-0.1, -0.05) is 41.9 Å². The Labute approximate surface area is 181 Å². The lowest BCUT2D eigenvalue weighted by Crippen LogP contribution is -2.16. The molecule has 7 heteroatoms. The van der Waals surface area contributed by atoms with Crippen molar-refractivity contribution in [2.45, 2.75) is 19.8 Å². The van der Waals surface area contributed by atoms with Crippen LogP contribution in [0.15, 0.2) is 56.7 Å². The topological polar surface area (TPSA) is 70.4 Å². The molecule has 5 nitrogen and oxygen atoms in total. The van der Waals surface area contributed by atoms with E-state index in [9.17, 15) is 9.90 Å². The van der Waals surface area contributed by atoms with Gasteiger partial charge in [-0.25, -0.2) is 0 Å². The number of aromatic hydroxyl groups is 1. The van der Waals surface area contributed by atoms with Gasteiger partial charge in [-0.2, -0.15) is 0 Å². The fourth-order valence-electron chi connectivity index (χ4n) is 3.25. The smallest absolute Gasteiger partial charge is 0.262 e. The van der Waals surface area contributed by atoms with Crippen molar-refractivity contribution in [1.82, 2.24) is 9.55 Å². The summed E-state index contributed by atoms with van der Waals surface area (Å²) >= 11 is 8.77. The fourth-order valence-corrected chi connectivity index (χ4v) is 3.89. The maximum atomic E-state index is 12.6. The van der Waals surface area contributed by atoms with Crippen molar-refractivity contribution in [3.63, 3.8) is 0 Å². The Morgan fingerprint density at radius 3 is 2.62 bits per heavy atom. The van der Waals surface area contributed by atoms with Crippen LogP contribution in [0.4, 0.5) is 5.69 Å². The molecule has 1 aliphatic rings. The van der Waals surface area contributed by atoms with Gasteiger partial charge in [-0.05, 0) is 60.1 Å². The molecule has 0 spiro atoms. The molecule has 2 heterocycles. The predicted octanol–water partition coefficient (Wildman–Crippen LogP) is 5.74. The van der Waals surface area contributed by atoms with Gasteiger partial charge in [0.1, 0.15) is 5.56 Å². The second-order valence-electron chi connectivity index (χ2n) is 7.10. The minimum absolute atomic E-state index is 0.126. The van der Waals surface area contributed by atoms with Crippen molar-refractivity contribution >= 4 is 51.7 Å². The Hall–Kier alpha value is -2.77. The number of hydrogen-bond acceptors (Lipinski definition) is 4. The minimum atomic E-state index is -0.452. The van der Waals surface area contributed by atoms with Crippen molar-refractivity contribution in [2.75, 3.05) is 0 Å². The number of nitrogens with one attached hydrogen (secondary N) is 1. The molecule has 0 saturated carbocycles. The van der Waals surface area contributed by atoms with Gasteiger partial charge in [0.25, 0.3) is 5.56 Å². The van der Waals surface area contributed by atoms with E-state index in [1.165, 1.54) is 10.1 Å². The summed E-state index contributed by atoms with van der Waals surface area (Å²) in [7, 11) is 0. The number of aromatic amines is 1. The standard InChI is InChI=1S/C22H18BrN3O2S/c1-12(2)13-3-6-16(7-4-13)26-21(28)18(20(27)25-22(26)29)9-14-11-24-19-8-5-15(23)10-17(14)19/h3-12,28H,1-2H3,(H,25,27,29). The van der Waals surface area contributed by atoms with Crippen molar-refractivity contribution in [3.8, 4) is 11.6 Å². The summed E-state index contributed by atoms with van der Waals surface area (Å²) in [5.74, 6) is 0.183. The maximum absolute atomic E-state index is 12.6. The molecule has 2 aromatic carbocycles. The summed E-state index contributed by atoms with van der Waals surface area (Å²) in [5, 5.41) is 10.9. The van der Waals surface area contributed by atoms with Crippen LogP contribution in [0.1, 0.15) is 36.5 Å². The first kappa shape index (κ1) is 19.5. The lowest BCUT2D eigenvalue weighted by molar-refractivity contribution is 0.432. The zero-order chi connectivity index (χ0) is 20.7. The van der Waals surface area contributed by atoms with Gasteiger partial charge in [-0.15, -0.1) is 0 Å². The maximum Gasteiger partial charge on any atom is 0.262 e. The number of aromatic nitrogens is 2. The van der Waals surface area contributed by atoms with Crippen LogP contribution in [-0.4, -0.2) is 20.9 Å². The molecular weight excluding hydrogens is 450 g/mol. The number of allylic oxidation sites excluding steroid dienone is 1. The lowest BCUT2D eigenvalue weighted by atomic mass is 10.0. The molecule has 29 heavy (non-hydrogen) atoms. The van der Waals surface area contributed by atoms with Crippen molar-refractivity contribution in [2.24, 2.45) is 4.99 Å². The zero-order valence-electron chi connectivity index (χ0n) is 15.8. The third kappa shape index (κ3) is 3.63. The van der Waals surface area contributed by atoms with Gasteiger partial charge in [-0.3, -0.25) is 19.3 Å². The minimum Gasteiger partial charge on any atom is -0.494 e. The van der Waals surface area contributed by atoms with Crippen LogP contribution in [0.5, 0.6) is 5.88 Å². The summed E-state index contributed by atoms with van der Waals surface area (Å²) in [6.07, 6.45) is 3.31. The lowest BCUT2D eigenvalue weighted by Gasteiger charge is -2.13. The monoisotopic (exact) mass is 467 g/mol. The Bertz CT molecular complexity index is 1280. The molecule has 0 fully saturated rings. The Balaban J connectivity index is 1.86. The van der Waals surface area contributed by atoms with Crippen molar-refractivity contribution < 1.29 is 5.11 Å². The summed E-state index contributed by atoms with van der Waals surface area (Å²) in [5.41, 5.74) is 3.96. The van der Waals surface area contributed by atoms with E-state index < -0.39 is 5.56 Å². The van der Waals surface area contributed by atoms with Crippen LogP contribution in [0.25, 0.3) is 17.3 Å². The van der Waals surface area contributed by atoms with Gasteiger partial charge in [0.2, 0.25) is 5.88 Å². The van der Waals surface area contributed by atoms with Gasteiger partial charge >= 0.3 is 0 Å². The highest BCUT2D eigenvalue weighted by atomic mass is 79.9. The van der Waals surface area contributed by atoms with Crippen molar-refractivity contribution in [1.29, 1.82) is 0 Å². The molecule has 1 aromatic heterocycles. The van der Waals surface area contributed by atoms with E-state index >= 15 is 0 Å². The number of halogens is 1. The first-order chi connectivity index (χ1) is 13.8. The second kappa shape index (κ2) is 7.57. The second-order valence-corrected chi connectivity index (χ2v) is 8.40. The van der Waals surface area contributed by atoms with Crippen LogP contribution in [0, 0.1) is 4.77 Å². The van der Waals surface area contributed by atoms with Gasteiger partial charge in [0.05, 0.1) is 11.4 Å². The molecule has 0 bridgehead atoms. The molecule has 4 rings (SSSR count). The molecule has 0 amide bonds. The Kier molecular flexibility index (Phi) is 5.10. The molecule has 3 aromatic rings. The third-order valence-corrected chi connectivity index (χ3v) is 5.63. The van der Waals surface area contributed by atoms with Gasteiger partial charge in [0.15, 0.2) is 4.77 Å². The Morgan fingerprint density at radius 1 is 1.21 bits per heavy atom. The normalized spacial score (nSPS) is 14.0. The summed E-state index contributed by atoms with van der Waals surface area (Å²) in [4.78, 5) is 19.6. The van der Waals surface area contributed by atoms with Gasteiger partial charge in [0, 0.05) is 21.8 Å². The number of hydrogen-bond donors (Lipinski definition) is 2. The van der Waals surface area contributed by atoms with Crippen LogP contribution < -0.4 is 5.56 Å². The molecule has 0 unspecified atom stereocenters. The van der Waals surface area contributed by atoms with E-state index in [2.05, 4.69) is 39.8 Å². The number of rotatable bonds is 3. The van der Waals surface area contributed by atoms with Gasteiger partial charge < -0.3 is 5.11 Å². The first-order valence-electron chi connectivity index (χ1n) is 9.09. The van der Waals surface area contributed by atoms with Crippen molar-refractivity contribution in [3.05, 3.63) is 78.8 Å². The molecular formula is C22H18BrN3O2S.